The number of imidazole rings is 1. The van der Waals surface area contributed by atoms with Crippen molar-refractivity contribution in [3.05, 3.63) is 96.1 Å². The van der Waals surface area contributed by atoms with Gasteiger partial charge in [0.1, 0.15) is 5.82 Å². The monoisotopic (exact) mass is 412 g/mol. The van der Waals surface area contributed by atoms with E-state index in [1.807, 2.05) is 54.9 Å². The van der Waals surface area contributed by atoms with Crippen molar-refractivity contribution in [3.63, 3.8) is 0 Å². The van der Waals surface area contributed by atoms with Crippen LogP contribution < -0.4 is 5.32 Å². The summed E-state index contributed by atoms with van der Waals surface area (Å²) in [7, 11) is 0. The zero-order valence-corrected chi connectivity index (χ0v) is 17.2. The number of aromatic nitrogens is 4. The molecule has 31 heavy (non-hydrogen) atoms. The van der Waals surface area contributed by atoms with Gasteiger partial charge in [0.25, 0.3) is 5.91 Å². The van der Waals surface area contributed by atoms with E-state index in [1.165, 1.54) is 0 Å². The molecule has 7 heteroatoms. The molecule has 7 nitrogen and oxygen atoms in total. The molecule has 1 aliphatic heterocycles. The Hall–Kier alpha value is -3.58. The van der Waals surface area contributed by atoms with E-state index in [1.54, 1.807) is 12.4 Å². The van der Waals surface area contributed by atoms with Crippen LogP contribution in [-0.2, 0) is 13.1 Å². The number of hydrogen-bond acceptors (Lipinski definition) is 5. The first kappa shape index (κ1) is 19.4. The van der Waals surface area contributed by atoms with Gasteiger partial charge in [0, 0.05) is 37.9 Å². The van der Waals surface area contributed by atoms with Crippen LogP contribution >= 0.6 is 0 Å². The summed E-state index contributed by atoms with van der Waals surface area (Å²) in [5, 5.41) is 2.98. The predicted octanol–water partition coefficient (Wildman–Crippen LogP) is 3.39. The highest BCUT2D eigenvalue weighted by atomic mass is 16.1. The molecule has 1 saturated heterocycles. The first-order valence-corrected chi connectivity index (χ1v) is 10.6. The molecule has 0 bridgehead atoms. The van der Waals surface area contributed by atoms with Crippen LogP contribution in [0.5, 0.6) is 0 Å². The molecule has 0 radical (unpaired) electrons. The van der Waals surface area contributed by atoms with Crippen LogP contribution in [0.4, 0.5) is 0 Å². The summed E-state index contributed by atoms with van der Waals surface area (Å²) in [6.07, 6.45) is 9.41. The smallest absolute Gasteiger partial charge is 0.272 e. The lowest BCUT2D eigenvalue weighted by Crippen LogP contribution is -2.25. The lowest BCUT2D eigenvalue weighted by atomic mass is 10.2. The second-order valence-electron chi connectivity index (χ2n) is 7.77. The van der Waals surface area contributed by atoms with Gasteiger partial charge >= 0.3 is 0 Å². The van der Waals surface area contributed by atoms with E-state index in [0.717, 1.165) is 48.5 Å². The van der Waals surface area contributed by atoms with Crippen LogP contribution in [0, 0.1) is 0 Å². The minimum Gasteiger partial charge on any atom is -0.346 e. The fourth-order valence-corrected chi connectivity index (χ4v) is 4.24. The van der Waals surface area contributed by atoms with Gasteiger partial charge in [-0.15, -0.1) is 0 Å². The Morgan fingerprint density at radius 1 is 1.10 bits per heavy atom. The van der Waals surface area contributed by atoms with Gasteiger partial charge in [-0.05, 0) is 55.3 Å². The van der Waals surface area contributed by atoms with Gasteiger partial charge in [0.05, 0.1) is 17.3 Å². The summed E-state index contributed by atoms with van der Waals surface area (Å²) in [5.74, 6) is 0.739. The molecular weight excluding hydrogens is 388 g/mol. The van der Waals surface area contributed by atoms with E-state index < -0.39 is 0 Å². The Balaban J connectivity index is 1.42. The topological polar surface area (TPSA) is 75.4 Å². The second-order valence-corrected chi connectivity index (χ2v) is 7.77. The molecular formula is C24H24N6O. The molecule has 0 aliphatic carbocycles. The number of amides is 1. The van der Waals surface area contributed by atoms with Gasteiger partial charge in [-0.3, -0.25) is 19.7 Å². The summed E-state index contributed by atoms with van der Waals surface area (Å²) < 4.78 is 2.06. The molecule has 4 aromatic rings. The zero-order valence-electron chi connectivity index (χ0n) is 17.2. The Morgan fingerprint density at radius 2 is 2.03 bits per heavy atom. The Labute approximate surface area is 180 Å². The molecule has 0 unspecified atom stereocenters. The maximum absolute atomic E-state index is 13.0. The number of fused-ring (bicyclic) bond motifs is 1. The van der Waals surface area contributed by atoms with Gasteiger partial charge in [-0.2, -0.15) is 0 Å². The van der Waals surface area contributed by atoms with E-state index in [4.69, 9.17) is 4.98 Å². The first-order chi connectivity index (χ1) is 15.3. The van der Waals surface area contributed by atoms with Crippen molar-refractivity contribution < 1.29 is 4.79 Å². The van der Waals surface area contributed by atoms with Crippen LogP contribution in [0.25, 0.3) is 5.52 Å². The minimum atomic E-state index is -0.173. The molecule has 5 heterocycles. The van der Waals surface area contributed by atoms with Gasteiger partial charge < -0.3 is 9.72 Å². The van der Waals surface area contributed by atoms with E-state index in [9.17, 15) is 4.79 Å². The van der Waals surface area contributed by atoms with Crippen molar-refractivity contribution in [2.45, 2.75) is 32.0 Å². The fourth-order valence-electron chi connectivity index (χ4n) is 4.24. The average molecular weight is 412 g/mol. The van der Waals surface area contributed by atoms with Crippen molar-refractivity contribution in [2.24, 2.45) is 0 Å². The first-order valence-electron chi connectivity index (χ1n) is 10.6. The zero-order chi connectivity index (χ0) is 21.0. The molecule has 0 spiro atoms. The minimum absolute atomic E-state index is 0.150. The highest BCUT2D eigenvalue weighted by Crippen LogP contribution is 2.33. The summed E-state index contributed by atoms with van der Waals surface area (Å²) >= 11 is 0. The standard InChI is InChI=1S/C24H24N6O/c31-24(27-16-18-7-5-11-25-15-18)22-20-9-2-4-14-30(20)23(28-22)21-10-6-13-29(21)17-19-8-1-3-12-26-19/h1-5,7-9,11-12,14-15,21H,6,10,13,16-17H2,(H,27,31)/t21-/m1/s1. The molecule has 1 amide bonds. The van der Waals surface area contributed by atoms with Crippen molar-refractivity contribution in [2.75, 3.05) is 6.54 Å². The third-order valence-electron chi connectivity index (χ3n) is 5.72. The summed E-state index contributed by atoms with van der Waals surface area (Å²) in [6.45, 7) is 2.18. The summed E-state index contributed by atoms with van der Waals surface area (Å²) in [6, 6.07) is 15.8. The predicted molar refractivity (Wildman–Crippen MR) is 117 cm³/mol. The molecule has 1 aliphatic rings. The van der Waals surface area contributed by atoms with Gasteiger partial charge in [0.15, 0.2) is 5.69 Å². The number of hydrogen-bond donors (Lipinski definition) is 1. The Kier molecular flexibility index (Phi) is 5.41. The van der Waals surface area contributed by atoms with Crippen LogP contribution in [0.2, 0.25) is 0 Å². The molecule has 156 valence electrons. The molecule has 1 atom stereocenters. The molecule has 1 N–H and O–H groups in total. The number of carbonyl (C=O) groups is 1. The van der Waals surface area contributed by atoms with Gasteiger partial charge in [0.2, 0.25) is 0 Å². The lowest BCUT2D eigenvalue weighted by molar-refractivity contribution is 0.0947. The van der Waals surface area contributed by atoms with Crippen molar-refractivity contribution in [1.29, 1.82) is 0 Å². The molecule has 0 saturated carbocycles. The number of nitrogens with one attached hydrogen (secondary N) is 1. The molecule has 0 aromatic carbocycles. The summed E-state index contributed by atoms with van der Waals surface area (Å²) in [5.41, 5.74) is 3.29. The Bertz CT molecular complexity index is 1170. The van der Waals surface area contributed by atoms with Crippen molar-refractivity contribution in [3.8, 4) is 0 Å². The maximum atomic E-state index is 13.0. The van der Waals surface area contributed by atoms with E-state index >= 15 is 0 Å². The third-order valence-corrected chi connectivity index (χ3v) is 5.72. The van der Waals surface area contributed by atoms with Gasteiger partial charge in [-0.1, -0.05) is 18.2 Å². The van der Waals surface area contributed by atoms with Crippen molar-refractivity contribution >= 4 is 11.4 Å². The second kappa shape index (κ2) is 8.65. The highest BCUT2D eigenvalue weighted by molar-refractivity contribution is 5.99. The highest BCUT2D eigenvalue weighted by Gasteiger charge is 2.31. The molecule has 5 rings (SSSR count). The SMILES string of the molecule is O=C(NCc1cccnc1)c1nc([C@H]2CCCN2Cc2ccccn2)n2ccccc12. The number of likely N-dealkylation sites (tertiary alicyclic amines) is 1. The third kappa shape index (κ3) is 4.04. The molecule has 1 fully saturated rings. The molecule has 4 aromatic heterocycles. The number of rotatable bonds is 6. The van der Waals surface area contributed by atoms with Crippen LogP contribution in [0.15, 0.2) is 73.3 Å². The Morgan fingerprint density at radius 3 is 2.87 bits per heavy atom. The normalized spacial score (nSPS) is 16.6. The fraction of sp³-hybridized carbons (Fsp3) is 0.250. The van der Waals surface area contributed by atoms with Crippen LogP contribution in [-0.4, -0.2) is 36.7 Å². The van der Waals surface area contributed by atoms with Crippen LogP contribution in [0.1, 0.15) is 46.5 Å². The van der Waals surface area contributed by atoms with Gasteiger partial charge in [-0.25, -0.2) is 4.98 Å². The van der Waals surface area contributed by atoms with Crippen LogP contribution in [0.3, 0.4) is 0 Å². The quantitative estimate of drug-likeness (QED) is 0.525. The van der Waals surface area contributed by atoms with E-state index in [2.05, 4.69) is 30.7 Å². The van der Waals surface area contributed by atoms with Crippen molar-refractivity contribution in [1.82, 2.24) is 29.6 Å². The van der Waals surface area contributed by atoms with E-state index in [0.29, 0.717) is 12.2 Å². The number of pyridine rings is 3. The number of nitrogens with zero attached hydrogens (tertiary/aromatic N) is 5. The number of carbonyl (C=O) groups excluding carboxylic acids is 1. The van der Waals surface area contributed by atoms with E-state index in [-0.39, 0.29) is 11.9 Å². The average Bonchev–Trinajstić information content (AvgIpc) is 3.43. The lowest BCUT2D eigenvalue weighted by Gasteiger charge is -2.23. The largest absolute Gasteiger partial charge is 0.346 e. The summed E-state index contributed by atoms with van der Waals surface area (Å²) in [4.78, 5) is 28.8. The maximum Gasteiger partial charge on any atom is 0.272 e.